The molecule has 142 valence electrons. The van der Waals surface area contributed by atoms with Gasteiger partial charge in [-0.25, -0.2) is 4.98 Å². The second-order valence-electron chi connectivity index (χ2n) is 6.76. The number of hydrogen-bond donors (Lipinski definition) is 1. The first-order valence-electron chi connectivity index (χ1n) is 9.12. The molecule has 0 saturated carbocycles. The van der Waals surface area contributed by atoms with E-state index in [1.54, 1.807) is 6.07 Å². The third kappa shape index (κ3) is 3.07. The summed E-state index contributed by atoms with van der Waals surface area (Å²) in [6.07, 6.45) is -0.222. The van der Waals surface area contributed by atoms with E-state index in [2.05, 4.69) is 16.4 Å². The summed E-state index contributed by atoms with van der Waals surface area (Å²) in [6, 6.07) is 13.4. The maximum Gasteiger partial charge on any atom is 0.271 e. The van der Waals surface area contributed by atoms with Crippen LogP contribution in [-0.2, 0) is 11.2 Å². The van der Waals surface area contributed by atoms with Crippen LogP contribution in [-0.4, -0.2) is 29.7 Å². The number of benzene rings is 2. The lowest BCUT2D eigenvalue weighted by Gasteiger charge is -2.30. The number of nitrogens with zero attached hydrogens (tertiary/aromatic N) is 1. The number of hydrogen-bond acceptors (Lipinski definition) is 6. The van der Waals surface area contributed by atoms with Gasteiger partial charge in [-0.05, 0) is 42.8 Å². The zero-order valence-electron chi connectivity index (χ0n) is 15.2. The number of ether oxygens (including phenoxy) is 3. The van der Waals surface area contributed by atoms with E-state index in [-0.39, 0.29) is 5.91 Å². The summed E-state index contributed by atoms with van der Waals surface area (Å²) in [5.41, 5.74) is 3.03. The number of aromatic nitrogens is 1. The molecule has 0 aliphatic carbocycles. The van der Waals surface area contributed by atoms with Crippen molar-refractivity contribution in [1.82, 2.24) is 4.98 Å². The Morgan fingerprint density at radius 2 is 1.96 bits per heavy atom. The molecule has 2 atom stereocenters. The van der Waals surface area contributed by atoms with Gasteiger partial charge < -0.3 is 14.2 Å². The van der Waals surface area contributed by atoms with Crippen molar-refractivity contribution < 1.29 is 19.0 Å². The van der Waals surface area contributed by atoms with E-state index in [0.29, 0.717) is 16.6 Å². The van der Waals surface area contributed by atoms with Crippen LogP contribution in [0, 0.1) is 0 Å². The van der Waals surface area contributed by atoms with Gasteiger partial charge in [-0.1, -0.05) is 12.1 Å². The Hall–Kier alpha value is -3.06. The molecule has 0 radical (unpaired) electrons. The Labute approximate surface area is 166 Å². The van der Waals surface area contributed by atoms with E-state index in [4.69, 9.17) is 14.2 Å². The quantitative estimate of drug-likeness (QED) is 0.729. The number of carbonyl (C=O) groups excluding carboxylic acids is 1. The molecule has 7 heteroatoms. The van der Waals surface area contributed by atoms with Crippen LogP contribution in [0.5, 0.6) is 17.2 Å². The second kappa shape index (κ2) is 6.83. The summed E-state index contributed by atoms with van der Waals surface area (Å²) in [5, 5.41) is 5.32. The SMILES string of the molecule is CC1Oc2ccccc2OC1C(=O)Nc1nc(-c2ccc3c(c2)CCO3)cs1. The predicted molar refractivity (Wildman–Crippen MR) is 106 cm³/mol. The molecule has 1 amide bonds. The summed E-state index contributed by atoms with van der Waals surface area (Å²) in [4.78, 5) is 17.3. The van der Waals surface area contributed by atoms with Crippen molar-refractivity contribution in [2.24, 2.45) is 0 Å². The first kappa shape index (κ1) is 17.1. The molecule has 0 fully saturated rings. The van der Waals surface area contributed by atoms with Gasteiger partial charge in [-0.2, -0.15) is 0 Å². The molecule has 2 unspecified atom stereocenters. The highest BCUT2D eigenvalue weighted by atomic mass is 32.1. The number of rotatable bonds is 3. The fourth-order valence-electron chi connectivity index (χ4n) is 3.39. The Kier molecular flexibility index (Phi) is 4.16. The lowest BCUT2D eigenvalue weighted by molar-refractivity contribution is -0.128. The Morgan fingerprint density at radius 1 is 1.14 bits per heavy atom. The normalized spacial score (nSPS) is 19.6. The molecular formula is C21H18N2O4S. The van der Waals surface area contributed by atoms with E-state index in [1.165, 1.54) is 16.9 Å². The van der Waals surface area contributed by atoms with Crippen LogP contribution >= 0.6 is 11.3 Å². The maximum absolute atomic E-state index is 12.7. The number of thiazole rings is 1. The van der Waals surface area contributed by atoms with Gasteiger partial charge in [0.1, 0.15) is 11.9 Å². The highest BCUT2D eigenvalue weighted by molar-refractivity contribution is 7.14. The van der Waals surface area contributed by atoms with Crippen molar-refractivity contribution in [3.05, 3.63) is 53.4 Å². The van der Waals surface area contributed by atoms with Crippen molar-refractivity contribution in [1.29, 1.82) is 0 Å². The molecule has 0 bridgehead atoms. The Bertz CT molecular complexity index is 1050. The molecule has 1 aromatic heterocycles. The van der Waals surface area contributed by atoms with Crippen molar-refractivity contribution >= 4 is 22.4 Å². The standard InChI is InChI=1S/C21H18N2O4S/c1-12-19(27-18-5-3-2-4-17(18)26-12)20(24)23-21-22-15(11-28-21)13-6-7-16-14(10-13)8-9-25-16/h2-7,10-12,19H,8-9H2,1H3,(H,22,23,24). The molecule has 3 heterocycles. The van der Waals surface area contributed by atoms with E-state index >= 15 is 0 Å². The number of fused-ring (bicyclic) bond motifs is 2. The fourth-order valence-corrected chi connectivity index (χ4v) is 4.12. The smallest absolute Gasteiger partial charge is 0.271 e. The van der Waals surface area contributed by atoms with Crippen LogP contribution in [0.3, 0.4) is 0 Å². The van der Waals surface area contributed by atoms with Gasteiger partial charge in [0.2, 0.25) is 6.10 Å². The highest BCUT2D eigenvalue weighted by Crippen LogP contribution is 2.35. The first-order valence-corrected chi connectivity index (χ1v) is 10.0. The van der Waals surface area contributed by atoms with Crippen molar-refractivity contribution in [3.8, 4) is 28.5 Å². The fraction of sp³-hybridized carbons (Fsp3) is 0.238. The van der Waals surface area contributed by atoms with Gasteiger partial charge in [-0.3, -0.25) is 10.1 Å². The predicted octanol–water partition coefficient (Wildman–Crippen LogP) is 3.91. The van der Waals surface area contributed by atoms with Crippen molar-refractivity contribution in [3.63, 3.8) is 0 Å². The Morgan fingerprint density at radius 3 is 2.82 bits per heavy atom. The summed E-state index contributed by atoms with van der Waals surface area (Å²) < 4.78 is 17.2. The second-order valence-corrected chi connectivity index (χ2v) is 7.61. The largest absolute Gasteiger partial charge is 0.493 e. The number of anilines is 1. The zero-order chi connectivity index (χ0) is 19.1. The van der Waals surface area contributed by atoms with Gasteiger partial charge in [0.05, 0.1) is 12.3 Å². The molecule has 5 rings (SSSR count). The minimum absolute atomic E-state index is 0.273. The lowest BCUT2D eigenvalue weighted by Crippen LogP contribution is -2.46. The van der Waals surface area contributed by atoms with Crippen LogP contribution in [0.4, 0.5) is 5.13 Å². The van der Waals surface area contributed by atoms with E-state index < -0.39 is 12.2 Å². The monoisotopic (exact) mass is 394 g/mol. The summed E-state index contributed by atoms with van der Waals surface area (Å²) in [7, 11) is 0. The lowest BCUT2D eigenvalue weighted by atomic mass is 10.1. The Balaban J connectivity index is 1.31. The molecule has 6 nitrogen and oxygen atoms in total. The molecule has 2 aliphatic heterocycles. The van der Waals surface area contributed by atoms with E-state index in [1.807, 2.05) is 42.6 Å². The minimum Gasteiger partial charge on any atom is -0.493 e. The molecule has 0 spiro atoms. The topological polar surface area (TPSA) is 69.7 Å². The van der Waals surface area contributed by atoms with Crippen LogP contribution in [0.15, 0.2) is 47.8 Å². The summed E-state index contributed by atoms with van der Waals surface area (Å²) in [6.45, 7) is 2.54. The summed E-state index contributed by atoms with van der Waals surface area (Å²) in [5.74, 6) is 1.89. The third-order valence-electron chi connectivity index (χ3n) is 4.82. The first-order chi connectivity index (χ1) is 13.7. The summed E-state index contributed by atoms with van der Waals surface area (Å²) >= 11 is 1.39. The number of nitrogens with one attached hydrogen (secondary N) is 1. The van der Waals surface area contributed by atoms with Gasteiger partial charge in [0.25, 0.3) is 5.91 Å². The van der Waals surface area contributed by atoms with E-state index in [9.17, 15) is 4.79 Å². The highest BCUT2D eigenvalue weighted by Gasteiger charge is 2.34. The molecule has 28 heavy (non-hydrogen) atoms. The van der Waals surface area contributed by atoms with Gasteiger partial charge in [0, 0.05) is 17.4 Å². The zero-order valence-corrected chi connectivity index (χ0v) is 16.0. The number of para-hydroxylation sites is 2. The molecular weight excluding hydrogens is 376 g/mol. The molecule has 1 N–H and O–H groups in total. The van der Waals surface area contributed by atoms with Crippen LogP contribution in [0.1, 0.15) is 12.5 Å². The average Bonchev–Trinajstić information content (AvgIpc) is 3.36. The van der Waals surface area contributed by atoms with Crippen molar-refractivity contribution in [2.45, 2.75) is 25.6 Å². The molecule has 2 aromatic carbocycles. The van der Waals surface area contributed by atoms with E-state index in [0.717, 1.165) is 30.0 Å². The van der Waals surface area contributed by atoms with Gasteiger partial charge >= 0.3 is 0 Å². The van der Waals surface area contributed by atoms with Gasteiger partial charge in [-0.15, -0.1) is 11.3 Å². The number of carbonyl (C=O) groups is 1. The minimum atomic E-state index is -0.737. The van der Waals surface area contributed by atoms with Crippen LogP contribution < -0.4 is 19.5 Å². The third-order valence-corrected chi connectivity index (χ3v) is 5.58. The maximum atomic E-state index is 12.7. The molecule has 2 aliphatic rings. The average molecular weight is 394 g/mol. The van der Waals surface area contributed by atoms with Crippen molar-refractivity contribution in [2.75, 3.05) is 11.9 Å². The van der Waals surface area contributed by atoms with Crippen LogP contribution in [0.25, 0.3) is 11.3 Å². The van der Waals surface area contributed by atoms with Gasteiger partial charge in [0.15, 0.2) is 16.6 Å². The molecule has 0 saturated heterocycles. The molecule has 3 aromatic rings. The van der Waals surface area contributed by atoms with Crippen LogP contribution in [0.2, 0.25) is 0 Å². The number of amides is 1.